The maximum absolute atomic E-state index is 6.53. The Morgan fingerprint density at radius 2 is 2.16 bits per heavy atom. The Kier molecular flexibility index (Phi) is 5.26. The zero-order valence-corrected chi connectivity index (χ0v) is 12.3. The molecule has 0 aromatic heterocycles. The largest absolute Gasteiger partial charge is 0.493 e. The van der Waals surface area contributed by atoms with Crippen molar-refractivity contribution in [1.82, 2.24) is 0 Å². The van der Waals surface area contributed by atoms with Crippen molar-refractivity contribution >= 4 is 0 Å². The molecule has 2 N–H and O–H groups in total. The number of nitrogens with two attached hydrogens (primary N) is 1. The van der Waals surface area contributed by atoms with Crippen molar-refractivity contribution in [2.45, 2.75) is 58.4 Å². The minimum Gasteiger partial charge on any atom is -0.493 e. The fraction of sp³-hybridized carbons (Fsp3) is 0.647. The van der Waals surface area contributed by atoms with Crippen LogP contribution in [0.4, 0.5) is 0 Å². The van der Waals surface area contributed by atoms with Gasteiger partial charge in [-0.15, -0.1) is 0 Å². The molecule has 1 heterocycles. The van der Waals surface area contributed by atoms with Gasteiger partial charge in [0.15, 0.2) is 0 Å². The van der Waals surface area contributed by atoms with E-state index in [1.807, 2.05) is 0 Å². The van der Waals surface area contributed by atoms with Gasteiger partial charge in [0, 0.05) is 11.6 Å². The predicted molar refractivity (Wildman–Crippen MR) is 80.5 cm³/mol. The molecule has 0 saturated carbocycles. The molecule has 2 heteroatoms. The first-order chi connectivity index (χ1) is 9.27. The number of hydrogen-bond acceptors (Lipinski definition) is 2. The van der Waals surface area contributed by atoms with E-state index in [0.717, 1.165) is 31.6 Å². The Morgan fingerprint density at radius 3 is 2.89 bits per heavy atom. The van der Waals surface area contributed by atoms with E-state index in [2.05, 4.69) is 32.0 Å². The van der Waals surface area contributed by atoms with Crippen molar-refractivity contribution in [3.05, 3.63) is 29.3 Å². The lowest BCUT2D eigenvalue weighted by Gasteiger charge is -2.27. The summed E-state index contributed by atoms with van der Waals surface area (Å²) in [5.74, 6) is 1.65. The van der Waals surface area contributed by atoms with E-state index in [1.165, 1.54) is 30.4 Å². The number of rotatable bonds is 6. The van der Waals surface area contributed by atoms with Crippen LogP contribution in [-0.2, 0) is 6.42 Å². The van der Waals surface area contributed by atoms with Gasteiger partial charge in [-0.1, -0.05) is 51.3 Å². The molecule has 2 unspecified atom stereocenters. The van der Waals surface area contributed by atoms with Gasteiger partial charge in [0.2, 0.25) is 0 Å². The van der Waals surface area contributed by atoms with Gasteiger partial charge in [-0.3, -0.25) is 0 Å². The first-order valence-corrected chi connectivity index (χ1v) is 7.78. The van der Waals surface area contributed by atoms with Crippen molar-refractivity contribution < 1.29 is 4.74 Å². The van der Waals surface area contributed by atoms with E-state index in [0.29, 0.717) is 5.92 Å². The van der Waals surface area contributed by atoms with Crippen LogP contribution in [0.15, 0.2) is 18.2 Å². The summed E-state index contributed by atoms with van der Waals surface area (Å²) in [5.41, 5.74) is 9.09. The molecule has 0 radical (unpaired) electrons. The highest BCUT2D eigenvalue weighted by Gasteiger charge is 2.23. The van der Waals surface area contributed by atoms with E-state index < -0.39 is 0 Å². The third kappa shape index (κ3) is 3.30. The van der Waals surface area contributed by atoms with Gasteiger partial charge >= 0.3 is 0 Å². The van der Waals surface area contributed by atoms with Gasteiger partial charge in [-0.25, -0.2) is 0 Å². The van der Waals surface area contributed by atoms with Gasteiger partial charge in [0.1, 0.15) is 5.75 Å². The number of ether oxygens (including phenoxy) is 1. The molecule has 0 spiro atoms. The second-order valence-electron chi connectivity index (χ2n) is 5.62. The SMILES string of the molecule is CCCCC(CC)C(N)c1cccc2c1OCCC2. The molecular formula is C17H27NO. The van der Waals surface area contributed by atoms with E-state index in [-0.39, 0.29) is 6.04 Å². The van der Waals surface area contributed by atoms with Gasteiger partial charge in [0.05, 0.1) is 6.61 Å². The normalized spacial score (nSPS) is 17.4. The van der Waals surface area contributed by atoms with Crippen LogP contribution in [0, 0.1) is 5.92 Å². The Labute approximate surface area is 117 Å². The van der Waals surface area contributed by atoms with Crippen LogP contribution in [0.3, 0.4) is 0 Å². The Balaban J connectivity index is 2.20. The monoisotopic (exact) mass is 261 g/mol. The maximum atomic E-state index is 6.53. The molecule has 1 aliphatic rings. The second kappa shape index (κ2) is 6.95. The number of unbranched alkanes of at least 4 members (excludes halogenated alkanes) is 1. The number of benzene rings is 1. The van der Waals surface area contributed by atoms with Crippen LogP contribution in [-0.4, -0.2) is 6.61 Å². The zero-order chi connectivity index (χ0) is 13.7. The van der Waals surface area contributed by atoms with Crippen LogP contribution in [0.2, 0.25) is 0 Å². The Bertz CT molecular complexity index is 402. The molecule has 0 aliphatic carbocycles. The molecule has 2 nitrogen and oxygen atoms in total. The van der Waals surface area contributed by atoms with E-state index in [9.17, 15) is 0 Å². The molecule has 2 atom stereocenters. The molecule has 2 rings (SSSR count). The fourth-order valence-corrected chi connectivity index (χ4v) is 3.03. The quantitative estimate of drug-likeness (QED) is 0.831. The topological polar surface area (TPSA) is 35.2 Å². The lowest BCUT2D eigenvalue weighted by Crippen LogP contribution is -2.23. The average molecular weight is 261 g/mol. The number of fused-ring (bicyclic) bond motifs is 1. The number of hydrogen-bond donors (Lipinski definition) is 1. The van der Waals surface area contributed by atoms with Crippen LogP contribution in [0.1, 0.15) is 63.1 Å². The van der Waals surface area contributed by atoms with Crippen molar-refractivity contribution in [3.8, 4) is 5.75 Å². The summed E-state index contributed by atoms with van der Waals surface area (Å²) < 4.78 is 5.89. The highest BCUT2D eigenvalue weighted by Crippen LogP contribution is 2.36. The van der Waals surface area contributed by atoms with Crippen molar-refractivity contribution in [3.63, 3.8) is 0 Å². The summed E-state index contributed by atoms with van der Waals surface area (Å²) in [7, 11) is 0. The molecule has 0 fully saturated rings. The summed E-state index contributed by atoms with van der Waals surface area (Å²) in [4.78, 5) is 0. The summed E-state index contributed by atoms with van der Waals surface area (Å²) in [5, 5.41) is 0. The molecule has 1 aromatic rings. The Morgan fingerprint density at radius 1 is 1.32 bits per heavy atom. The molecule has 106 valence electrons. The zero-order valence-electron chi connectivity index (χ0n) is 12.3. The first-order valence-electron chi connectivity index (χ1n) is 7.78. The smallest absolute Gasteiger partial charge is 0.127 e. The Hall–Kier alpha value is -1.02. The van der Waals surface area contributed by atoms with Crippen LogP contribution in [0.25, 0.3) is 0 Å². The van der Waals surface area contributed by atoms with Gasteiger partial charge in [0.25, 0.3) is 0 Å². The highest BCUT2D eigenvalue weighted by molar-refractivity contribution is 5.44. The molecule has 0 amide bonds. The van der Waals surface area contributed by atoms with Crippen LogP contribution < -0.4 is 10.5 Å². The molecule has 0 bridgehead atoms. The van der Waals surface area contributed by atoms with Gasteiger partial charge < -0.3 is 10.5 Å². The minimum atomic E-state index is 0.115. The first kappa shape index (κ1) is 14.4. The average Bonchev–Trinajstić information content (AvgIpc) is 2.47. The third-order valence-electron chi connectivity index (χ3n) is 4.28. The number of para-hydroxylation sites is 1. The number of aryl methyl sites for hydroxylation is 1. The summed E-state index contributed by atoms with van der Waals surface area (Å²) in [6.07, 6.45) is 7.12. The maximum Gasteiger partial charge on any atom is 0.127 e. The summed E-state index contributed by atoms with van der Waals surface area (Å²) in [6, 6.07) is 6.58. The molecular weight excluding hydrogens is 234 g/mol. The van der Waals surface area contributed by atoms with Crippen molar-refractivity contribution in [2.24, 2.45) is 11.7 Å². The predicted octanol–water partition coefficient (Wildman–Crippen LogP) is 4.23. The molecule has 19 heavy (non-hydrogen) atoms. The highest BCUT2D eigenvalue weighted by atomic mass is 16.5. The van der Waals surface area contributed by atoms with E-state index >= 15 is 0 Å². The molecule has 1 aliphatic heterocycles. The van der Waals surface area contributed by atoms with Gasteiger partial charge in [-0.2, -0.15) is 0 Å². The van der Waals surface area contributed by atoms with Crippen LogP contribution in [0.5, 0.6) is 5.75 Å². The lowest BCUT2D eigenvalue weighted by atomic mass is 9.86. The summed E-state index contributed by atoms with van der Waals surface area (Å²) in [6.45, 7) is 5.32. The third-order valence-corrected chi connectivity index (χ3v) is 4.28. The lowest BCUT2D eigenvalue weighted by molar-refractivity contribution is 0.277. The summed E-state index contributed by atoms with van der Waals surface area (Å²) >= 11 is 0. The molecule has 0 saturated heterocycles. The van der Waals surface area contributed by atoms with Crippen molar-refractivity contribution in [2.75, 3.05) is 6.61 Å². The minimum absolute atomic E-state index is 0.115. The second-order valence-corrected chi connectivity index (χ2v) is 5.62. The fourth-order valence-electron chi connectivity index (χ4n) is 3.03. The van der Waals surface area contributed by atoms with E-state index in [4.69, 9.17) is 10.5 Å². The molecule has 1 aromatic carbocycles. The van der Waals surface area contributed by atoms with Gasteiger partial charge in [-0.05, 0) is 30.7 Å². The van der Waals surface area contributed by atoms with Crippen LogP contribution >= 0.6 is 0 Å². The van der Waals surface area contributed by atoms with Crippen molar-refractivity contribution in [1.29, 1.82) is 0 Å². The van der Waals surface area contributed by atoms with E-state index in [1.54, 1.807) is 0 Å². The standard InChI is InChI=1S/C17H27NO/c1-3-5-8-13(4-2)16(18)15-11-6-9-14-10-7-12-19-17(14)15/h6,9,11,13,16H,3-5,7-8,10,12,18H2,1-2H3.